The molecule has 0 atom stereocenters. The van der Waals surface area contributed by atoms with Gasteiger partial charge < -0.3 is 9.80 Å². The third kappa shape index (κ3) is 5.15. The molecule has 2 heterocycles. The molecule has 0 N–H and O–H groups in total. The number of benzene rings is 1. The summed E-state index contributed by atoms with van der Waals surface area (Å²) < 4.78 is 66.5. The highest BCUT2D eigenvalue weighted by molar-refractivity contribution is 7.89. The molecule has 2 aliphatic heterocycles. The van der Waals surface area contributed by atoms with Gasteiger partial charge in [0.2, 0.25) is 15.9 Å². The smallest absolute Gasteiger partial charge is 0.344 e. The summed E-state index contributed by atoms with van der Waals surface area (Å²) in [5.74, 6) is -0.333. The van der Waals surface area contributed by atoms with Crippen LogP contribution in [0, 0.1) is 5.92 Å². The van der Waals surface area contributed by atoms with Gasteiger partial charge in [-0.1, -0.05) is 12.1 Å². The Labute approximate surface area is 175 Å². The number of rotatable bonds is 6. The van der Waals surface area contributed by atoms with E-state index in [0.717, 1.165) is 36.1 Å². The van der Waals surface area contributed by atoms with E-state index in [4.69, 9.17) is 0 Å². The molecule has 2 saturated heterocycles. The molecule has 0 aromatic heterocycles. The maximum absolute atomic E-state index is 13.3. The van der Waals surface area contributed by atoms with E-state index in [1.54, 1.807) is 11.9 Å². The van der Waals surface area contributed by atoms with E-state index in [-0.39, 0.29) is 24.9 Å². The third-order valence-electron chi connectivity index (χ3n) is 5.94. The molecule has 30 heavy (non-hydrogen) atoms. The van der Waals surface area contributed by atoms with E-state index in [1.807, 2.05) is 0 Å². The molecule has 1 aromatic carbocycles. The van der Waals surface area contributed by atoms with Crippen molar-refractivity contribution in [2.24, 2.45) is 5.92 Å². The molecule has 2 aliphatic rings. The lowest BCUT2D eigenvalue weighted by Gasteiger charge is -2.33. The highest BCUT2D eigenvalue weighted by Gasteiger charge is 2.40. The molecule has 2 fully saturated rings. The van der Waals surface area contributed by atoms with Gasteiger partial charge in [0.05, 0.1) is 10.5 Å². The minimum absolute atomic E-state index is 0.0260. The Morgan fingerprint density at radius 3 is 2.30 bits per heavy atom. The van der Waals surface area contributed by atoms with Crippen LogP contribution < -0.4 is 0 Å². The number of likely N-dealkylation sites (N-methyl/N-ethyl adjacent to an activating group) is 1. The van der Waals surface area contributed by atoms with Crippen molar-refractivity contribution < 1.29 is 26.4 Å². The van der Waals surface area contributed by atoms with Crippen molar-refractivity contribution in [3.8, 4) is 0 Å². The summed E-state index contributed by atoms with van der Waals surface area (Å²) >= 11 is 0. The van der Waals surface area contributed by atoms with Gasteiger partial charge in [0.1, 0.15) is 0 Å². The average molecular weight is 448 g/mol. The first-order valence-electron chi connectivity index (χ1n) is 10.2. The summed E-state index contributed by atoms with van der Waals surface area (Å²) in [5, 5.41) is 0. The number of carbonyl (C=O) groups excluding carboxylic acids is 1. The van der Waals surface area contributed by atoms with E-state index >= 15 is 0 Å². The lowest BCUT2D eigenvalue weighted by Crippen LogP contribution is -2.45. The summed E-state index contributed by atoms with van der Waals surface area (Å²) in [4.78, 5) is 16.0. The van der Waals surface area contributed by atoms with Crippen molar-refractivity contribution in [2.45, 2.75) is 36.8 Å². The monoisotopic (exact) mass is 447 g/mol. The molecule has 1 aromatic rings. The van der Waals surface area contributed by atoms with Gasteiger partial charge in [-0.05, 0) is 50.9 Å². The second-order valence-corrected chi connectivity index (χ2v) is 9.89. The number of carbonyl (C=O) groups is 1. The quantitative estimate of drug-likeness (QED) is 0.673. The van der Waals surface area contributed by atoms with Gasteiger partial charge in [-0.25, -0.2) is 8.42 Å². The predicted octanol–water partition coefficient (Wildman–Crippen LogP) is 2.66. The molecule has 0 spiro atoms. The zero-order chi connectivity index (χ0) is 21.9. The fourth-order valence-electron chi connectivity index (χ4n) is 4.13. The van der Waals surface area contributed by atoms with Gasteiger partial charge in [-0.3, -0.25) is 4.79 Å². The number of alkyl halides is 3. The second kappa shape index (κ2) is 9.23. The minimum atomic E-state index is -4.75. The highest BCUT2D eigenvalue weighted by atomic mass is 32.2. The van der Waals surface area contributed by atoms with Crippen molar-refractivity contribution in [1.29, 1.82) is 0 Å². The number of likely N-dealkylation sites (tertiary alicyclic amines) is 1. The van der Waals surface area contributed by atoms with Crippen LogP contribution in [0.1, 0.15) is 31.2 Å². The maximum Gasteiger partial charge on any atom is 0.417 e. The van der Waals surface area contributed by atoms with Gasteiger partial charge in [-0.2, -0.15) is 17.5 Å². The Morgan fingerprint density at radius 1 is 1.10 bits per heavy atom. The SMILES string of the molecule is CN(CCN1CCCC1)C(=O)C1CCN(S(=O)(=O)c2ccccc2C(F)(F)F)CC1. The van der Waals surface area contributed by atoms with Crippen LogP contribution in [0.5, 0.6) is 0 Å². The fourth-order valence-corrected chi connectivity index (χ4v) is 5.81. The number of halogens is 3. The van der Waals surface area contributed by atoms with E-state index in [0.29, 0.717) is 19.4 Å². The molecule has 0 bridgehead atoms. The molecule has 0 aliphatic carbocycles. The van der Waals surface area contributed by atoms with E-state index in [2.05, 4.69) is 4.90 Å². The molecule has 1 amide bonds. The van der Waals surface area contributed by atoms with Crippen LogP contribution in [-0.4, -0.2) is 74.7 Å². The molecule has 0 radical (unpaired) electrons. The van der Waals surface area contributed by atoms with Crippen LogP contribution >= 0.6 is 0 Å². The summed E-state index contributed by atoms with van der Waals surface area (Å²) in [6.07, 6.45) is -1.78. The zero-order valence-corrected chi connectivity index (χ0v) is 17.9. The first-order valence-corrected chi connectivity index (χ1v) is 11.7. The van der Waals surface area contributed by atoms with Crippen LogP contribution in [0.4, 0.5) is 13.2 Å². The van der Waals surface area contributed by atoms with Crippen LogP contribution in [-0.2, 0) is 21.0 Å². The van der Waals surface area contributed by atoms with Crippen molar-refractivity contribution >= 4 is 15.9 Å². The minimum Gasteiger partial charge on any atom is -0.344 e. The van der Waals surface area contributed by atoms with Crippen LogP contribution in [0.25, 0.3) is 0 Å². The normalized spacial score (nSPS) is 19.9. The molecule has 0 unspecified atom stereocenters. The Hall–Kier alpha value is -1.65. The van der Waals surface area contributed by atoms with Gasteiger partial charge in [0.25, 0.3) is 0 Å². The molecule has 6 nitrogen and oxygen atoms in total. The van der Waals surface area contributed by atoms with E-state index in [1.165, 1.54) is 25.0 Å². The molecule has 3 rings (SSSR count). The summed E-state index contributed by atoms with van der Waals surface area (Å²) in [6, 6.07) is 4.22. The lowest BCUT2D eigenvalue weighted by atomic mass is 9.97. The zero-order valence-electron chi connectivity index (χ0n) is 17.1. The first kappa shape index (κ1) is 23.0. The molecule has 0 saturated carbocycles. The van der Waals surface area contributed by atoms with Crippen molar-refractivity contribution in [3.05, 3.63) is 29.8 Å². The number of nitrogens with zero attached hydrogens (tertiary/aromatic N) is 3. The first-order chi connectivity index (χ1) is 14.1. The Bertz CT molecular complexity index is 846. The number of hydrogen-bond donors (Lipinski definition) is 0. The van der Waals surface area contributed by atoms with Crippen LogP contribution in [0.2, 0.25) is 0 Å². The van der Waals surface area contributed by atoms with Gasteiger partial charge in [-0.15, -0.1) is 0 Å². The molecular formula is C20H28F3N3O3S. The summed E-state index contributed by atoms with van der Waals surface area (Å²) in [6.45, 7) is 3.62. The van der Waals surface area contributed by atoms with Crippen LogP contribution in [0.3, 0.4) is 0 Å². The standard InChI is InChI=1S/C20H28F3N3O3S/c1-24(14-15-25-10-4-5-11-25)19(27)16-8-12-26(13-9-16)30(28,29)18-7-3-2-6-17(18)20(21,22)23/h2-3,6-7,16H,4-5,8-15H2,1H3. The van der Waals surface area contributed by atoms with Crippen molar-refractivity contribution in [2.75, 3.05) is 46.3 Å². The molecular weight excluding hydrogens is 419 g/mol. The molecule has 168 valence electrons. The Kier molecular flexibility index (Phi) is 7.09. The van der Waals surface area contributed by atoms with Crippen LogP contribution in [0.15, 0.2) is 29.2 Å². The predicted molar refractivity (Wildman–Crippen MR) is 106 cm³/mol. The lowest BCUT2D eigenvalue weighted by molar-refractivity contribution is -0.140. The number of piperidine rings is 1. The second-order valence-electron chi connectivity index (χ2n) is 7.98. The highest BCUT2D eigenvalue weighted by Crippen LogP contribution is 2.36. The summed E-state index contributed by atoms with van der Waals surface area (Å²) in [7, 11) is -2.53. The number of amides is 1. The van der Waals surface area contributed by atoms with E-state index < -0.39 is 26.7 Å². The topological polar surface area (TPSA) is 60.9 Å². The van der Waals surface area contributed by atoms with Gasteiger partial charge in [0.15, 0.2) is 0 Å². The molecule has 10 heteroatoms. The third-order valence-corrected chi connectivity index (χ3v) is 7.90. The van der Waals surface area contributed by atoms with Gasteiger partial charge in [0, 0.05) is 39.1 Å². The Morgan fingerprint density at radius 2 is 1.70 bits per heavy atom. The van der Waals surface area contributed by atoms with Crippen molar-refractivity contribution in [1.82, 2.24) is 14.1 Å². The number of sulfonamides is 1. The average Bonchev–Trinajstić information content (AvgIpc) is 3.24. The van der Waals surface area contributed by atoms with Crippen molar-refractivity contribution in [3.63, 3.8) is 0 Å². The Balaban J connectivity index is 1.60. The van der Waals surface area contributed by atoms with E-state index in [9.17, 15) is 26.4 Å². The fraction of sp³-hybridized carbons (Fsp3) is 0.650. The maximum atomic E-state index is 13.3. The largest absolute Gasteiger partial charge is 0.417 e. The van der Waals surface area contributed by atoms with Gasteiger partial charge >= 0.3 is 6.18 Å². The summed E-state index contributed by atoms with van der Waals surface area (Å²) in [5.41, 5.74) is -1.16. The number of hydrogen-bond acceptors (Lipinski definition) is 4.